The third-order valence-electron chi connectivity index (χ3n) is 6.59. The summed E-state index contributed by atoms with van der Waals surface area (Å²) >= 11 is 0. The lowest BCUT2D eigenvalue weighted by Crippen LogP contribution is -2.37. The number of imidazole rings is 1. The first-order valence-electron chi connectivity index (χ1n) is 12.9. The number of H-pyrrole nitrogens is 2. The second-order valence-corrected chi connectivity index (χ2v) is 14.6. The quantitative estimate of drug-likeness (QED) is 0.0831. The minimum Gasteiger partial charge on any atom is -0.388 e. The van der Waals surface area contributed by atoms with Crippen molar-refractivity contribution in [3.05, 3.63) is 49.8 Å². The van der Waals surface area contributed by atoms with Crippen molar-refractivity contribution >= 4 is 40.6 Å². The monoisotopic (exact) mass is 733 g/mol. The summed E-state index contributed by atoms with van der Waals surface area (Å²) in [6.45, 7) is -1.94. The van der Waals surface area contributed by atoms with E-state index in [4.69, 9.17) is 15.2 Å². The second kappa shape index (κ2) is 13.2. The summed E-state index contributed by atoms with van der Waals surface area (Å²) in [6.07, 6.45) is -8.69. The zero-order chi connectivity index (χ0) is 34.5. The van der Waals surface area contributed by atoms with Crippen LogP contribution in [0, 0.1) is 0 Å². The SMILES string of the molecule is Nc1nc2c(ncn2[C@H]2O[C@H](COP(=O)(O)OP(=O)(O)OP(=O)(O)OC[C@H]3O[C@@H](n4ccc(=O)[nH]c4=O)[C@H](O)[C@@H]3O)C[C@H]2O)c(=O)[nH]1. The lowest BCUT2D eigenvalue weighted by atomic mass is 10.1. The number of phosphoric acid groups is 3. The fraction of sp³-hybridized carbons (Fsp3) is 0.526. The molecule has 10 N–H and O–H groups in total. The molecule has 0 spiro atoms. The standard InChI is InChI=1S/C19H26N7O18P3/c20-18-23-14-11(15(31)24-18)21-6-26(14)16-8(27)3-7(41-16)4-39-45(33,34)43-47(37,38)44-46(35,36)40-5-9-12(29)13(30)17(42-9)25-2-1-10(28)22-19(25)32/h1-2,6-9,12-13,16-17,27,29-30H,3-5H2,(H,33,34)(H,35,36)(H,37,38)(H,22,28,32)(H3,20,23,24,31)/t7-,8+,9+,12+,13+,16-,17+/m0/s1. The third kappa shape index (κ3) is 8.03. The smallest absolute Gasteiger partial charge is 0.388 e. The predicted octanol–water partition coefficient (Wildman–Crippen LogP) is -3.11. The van der Waals surface area contributed by atoms with E-state index in [1.807, 2.05) is 4.98 Å². The van der Waals surface area contributed by atoms with Gasteiger partial charge in [0, 0.05) is 18.7 Å². The number of phosphoric ester groups is 2. The number of ether oxygens (including phenoxy) is 2. The molecule has 0 saturated carbocycles. The van der Waals surface area contributed by atoms with Crippen LogP contribution in [0.1, 0.15) is 18.9 Å². The van der Waals surface area contributed by atoms with Gasteiger partial charge in [0.25, 0.3) is 11.1 Å². The lowest BCUT2D eigenvalue weighted by molar-refractivity contribution is -0.0543. The van der Waals surface area contributed by atoms with Gasteiger partial charge >= 0.3 is 29.2 Å². The van der Waals surface area contributed by atoms with E-state index >= 15 is 0 Å². The van der Waals surface area contributed by atoms with Crippen molar-refractivity contribution in [2.75, 3.05) is 18.9 Å². The molecule has 3 aromatic rings. The molecule has 2 saturated heterocycles. The zero-order valence-corrected chi connectivity index (χ0v) is 25.9. The van der Waals surface area contributed by atoms with Crippen molar-refractivity contribution in [2.24, 2.45) is 0 Å². The summed E-state index contributed by atoms with van der Waals surface area (Å²) in [5.74, 6) is -0.249. The third-order valence-corrected chi connectivity index (χ3v) is 10.8. The fourth-order valence-electron chi connectivity index (χ4n) is 4.61. The van der Waals surface area contributed by atoms with Crippen molar-refractivity contribution in [1.29, 1.82) is 0 Å². The molecule has 0 aromatic carbocycles. The molecular weight excluding hydrogens is 707 g/mol. The van der Waals surface area contributed by atoms with Crippen LogP contribution in [0.15, 0.2) is 33.0 Å². The number of nitrogens with one attached hydrogen (secondary N) is 2. The number of aliphatic hydroxyl groups excluding tert-OH is 3. The maximum atomic E-state index is 12.3. The Morgan fingerprint density at radius 2 is 1.57 bits per heavy atom. The van der Waals surface area contributed by atoms with E-state index in [1.165, 1.54) is 4.57 Å². The molecule has 2 fully saturated rings. The van der Waals surface area contributed by atoms with Gasteiger partial charge in [0.2, 0.25) is 5.95 Å². The highest BCUT2D eigenvalue weighted by molar-refractivity contribution is 7.66. The van der Waals surface area contributed by atoms with Gasteiger partial charge in [-0.25, -0.2) is 23.5 Å². The molecule has 0 amide bonds. The molecule has 3 unspecified atom stereocenters. The van der Waals surface area contributed by atoms with Crippen LogP contribution in [0.25, 0.3) is 11.2 Å². The van der Waals surface area contributed by atoms with Gasteiger partial charge in [0.15, 0.2) is 23.6 Å². The van der Waals surface area contributed by atoms with Crippen molar-refractivity contribution in [2.45, 2.75) is 49.4 Å². The number of fused-ring (bicyclic) bond motifs is 1. The van der Waals surface area contributed by atoms with E-state index < -0.39 is 96.5 Å². The Morgan fingerprint density at radius 3 is 2.23 bits per heavy atom. The minimum absolute atomic E-state index is 0.0451. The molecule has 0 bridgehead atoms. The number of aromatic amines is 2. The zero-order valence-electron chi connectivity index (χ0n) is 23.2. The Bertz CT molecular complexity index is 1960. The Morgan fingerprint density at radius 1 is 0.915 bits per heavy atom. The number of hydrogen-bond acceptors (Lipinski definition) is 18. The average molecular weight is 733 g/mol. The largest absolute Gasteiger partial charge is 0.490 e. The Hall–Kier alpha value is -2.96. The van der Waals surface area contributed by atoms with Crippen LogP contribution in [-0.2, 0) is 40.8 Å². The van der Waals surface area contributed by atoms with Crippen molar-refractivity contribution in [3.63, 3.8) is 0 Å². The number of hydrogen-bond donors (Lipinski definition) is 9. The molecule has 5 rings (SSSR count). The van der Waals surface area contributed by atoms with Gasteiger partial charge in [-0.1, -0.05) is 0 Å². The first-order valence-corrected chi connectivity index (χ1v) is 17.4. The van der Waals surface area contributed by atoms with Crippen LogP contribution in [0.2, 0.25) is 0 Å². The highest BCUT2D eigenvalue weighted by atomic mass is 31.3. The topological polar surface area (TPSA) is 372 Å². The van der Waals surface area contributed by atoms with E-state index in [0.29, 0.717) is 4.57 Å². The van der Waals surface area contributed by atoms with Gasteiger partial charge < -0.3 is 45.2 Å². The molecule has 0 aliphatic carbocycles. The summed E-state index contributed by atoms with van der Waals surface area (Å²) < 4.78 is 66.7. The first kappa shape index (κ1) is 35.3. The maximum absolute atomic E-state index is 12.3. The normalized spacial score (nSPS) is 30.2. The van der Waals surface area contributed by atoms with Gasteiger partial charge in [0.1, 0.15) is 24.4 Å². The molecule has 5 heterocycles. The highest BCUT2D eigenvalue weighted by Crippen LogP contribution is 2.67. The van der Waals surface area contributed by atoms with E-state index in [1.54, 1.807) is 0 Å². The summed E-state index contributed by atoms with van der Waals surface area (Å²) in [6, 6.07) is 0.911. The number of nitrogens with zero attached hydrogens (tertiary/aromatic N) is 4. The molecule has 2 aliphatic rings. The van der Waals surface area contributed by atoms with Gasteiger partial charge in [0.05, 0.1) is 25.6 Å². The van der Waals surface area contributed by atoms with Gasteiger partial charge in [-0.2, -0.15) is 13.6 Å². The molecule has 47 heavy (non-hydrogen) atoms. The fourth-order valence-corrected chi connectivity index (χ4v) is 8.15. The molecule has 10 atom stereocenters. The van der Waals surface area contributed by atoms with Crippen molar-refractivity contribution in [3.8, 4) is 0 Å². The molecule has 3 aromatic heterocycles. The highest BCUT2D eigenvalue weighted by Gasteiger charge is 2.47. The second-order valence-electron chi connectivity index (χ2n) is 9.95. The molecule has 260 valence electrons. The van der Waals surface area contributed by atoms with Crippen LogP contribution < -0.4 is 22.5 Å². The number of aliphatic hydroxyl groups is 3. The molecular formula is C19H26N7O18P3. The number of anilines is 1. The van der Waals surface area contributed by atoms with Gasteiger partial charge in [-0.05, 0) is 0 Å². The van der Waals surface area contributed by atoms with Crippen LogP contribution in [0.4, 0.5) is 5.95 Å². The first-order chi connectivity index (χ1) is 21.8. The van der Waals surface area contributed by atoms with Crippen molar-refractivity contribution < 1.29 is 70.8 Å². The number of rotatable bonds is 12. The number of aromatic nitrogens is 6. The van der Waals surface area contributed by atoms with Crippen LogP contribution >= 0.6 is 23.5 Å². The van der Waals surface area contributed by atoms with E-state index in [2.05, 4.69) is 32.6 Å². The van der Waals surface area contributed by atoms with Crippen molar-refractivity contribution in [1.82, 2.24) is 29.1 Å². The molecule has 0 radical (unpaired) electrons. The molecule has 25 nitrogen and oxygen atoms in total. The Balaban J connectivity index is 1.14. The average Bonchev–Trinajstić information content (AvgIpc) is 3.61. The number of nitrogen functional groups attached to an aromatic ring is 1. The van der Waals surface area contributed by atoms with E-state index in [0.717, 1.165) is 18.6 Å². The van der Waals surface area contributed by atoms with E-state index in [9.17, 15) is 58.1 Å². The summed E-state index contributed by atoms with van der Waals surface area (Å²) in [5.41, 5.74) is 2.92. The van der Waals surface area contributed by atoms with Gasteiger partial charge in [-0.15, -0.1) is 0 Å². The van der Waals surface area contributed by atoms with Crippen LogP contribution in [0.5, 0.6) is 0 Å². The maximum Gasteiger partial charge on any atom is 0.490 e. The Labute approximate surface area is 258 Å². The Kier molecular flexibility index (Phi) is 9.89. The van der Waals surface area contributed by atoms with Crippen LogP contribution in [0.3, 0.4) is 0 Å². The molecule has 2 aliphatic heterocycles. The van der Waals surface area contributed by atoms with E-state index in [-0.39, 0.29) is 23.5 Å². The summed E-state index contributed by atoms with van der Waals surface area (Å²) in [5, 5.41) is 30.9. The lowest BCUT2D eigenvalue weighted by Gasteiger charge is -2.21. The predicted molar refractivity (Wildman–Crippen MR) is 148 cm³/mol. The van der Waals surface area contributed by atoms with Crippen LogP contribution in [-0.4, -0.2) is 103 Å². The number of nitrogens with two attached hydrogens (primary N) is 1. The molecule has 28 heteroatoms. The van der Waals surface area contributed by atoms with Gasteiger partial charge in [-0.3, -0.25) is 37.7 Å². The summed E-state index contributed by atoms with van der Waals surface area (Å²) in [7, 11) is -17.1. The summed E-state index contributed by atoms with van der Waals surface area (Å²) in [4.78, 5) is 76.8. The minimum atomic E-state index is -5.92.